The highest BCUT2D eigenvalue weighted by Gasteiger charge is 2.14. The van der Waals surface area contributed by atoms with Crippen molar-refractivity contribution in [3.05, 3.63) is 37.2 Å². The first kappa shape index (κ1) is 9.52. The third-order valence-corrected chi connectivity index (χ3v) is 2.09. The molecular formula is C10H6N4O3. The Morgan fingerprint density at radius 1 is 1.41 bits per heavy atom. The maximum atomic E-state index is 11.8. The zero-order valence-electron chi connectivity index (χ0n) is 8.48. The number of aromatic nitrogens is 4. The van der Waals surface area contributed by atoms with Gasteiger partial charge in [0.05, 0.1) is 12.5 Å². The Kier molecular flexibility index (Phi) is 2.08. The van der Waals surface area contributed by atoms with Gasteiger partial charge in [0.1, 0.15) is 18.2 Å². The molecule has 3 heterocycles. The van der Waals surface area contributed by atoms with Crippen molar-refractivity contribution in [3.8, 4) is 5.95 Å². The number of carbonyl (C=O) groups is 1. The number of furan rings is 1. The summed E-state index contributed by atoms with van der Waals surface area (Å²) in [5.41, 5.74) is 0.903. The molecule has 0 aromatic carbocycles. The van der Waals surface area contributed by atoms with Gasteiger partial charge in [0.15, 0.2) is 5.65 Å². The van der Waals surface area contributed by atoms with Crippen molar-refractivity contribution >= 4 is 17.3 Å². The van der Waals surface area contributed by atoms with Crippen molar-refractivity contribution in [3.63, 3.8) is 0 Å². The fraction of sp³-hybridized carbons (Fsp3) is 0. The average molecular weight is 230 g/mol. The highest BCUT2D eigenvalue weighted by Crippen LogP contribution is 2.13. The van der Waals surface area contributed by atoms with Crippen LogP contribution < -0.4 is 4.74 Å². The van der Waals surface area contributed by atoms with Crippen molar-refractivity contribution in [1.82, 2.24) is 19.5 Å². The quantitative estimate of drug-likeness (QED) is 0.629. The van der Waals surface area contributed by atoms with E-state index in [0.717, 1.165) is 0 Å². The average Bonchev–Trinajstić information content (AvgIpc) is 2.96. The Morgan fingerprint density at radius 3 is 3.18 bits per heavy atom. The van der Waals surface area contributed by atoms with E-state index in [1.807, 2.05) is 0 Å². The molecule has 0 aliphatic heterocycles. The van der Waals surface area contributed by atoms with Crippen LogP contribution in [0, 0.1) is 0 Å². The number of fused-ring (bicyclic) bond motifs is 1. The molecule has 3 rings (SSSR count). The Bertz CT molecular complexity index is 659. The minimum Gasteiger partial charge on any atom is -0.434 e. The van der Waals surface area contributed by atoms with E-state index >= 15 is 0 Å². The molecule has 0 saturated heterocycles. The minimum atomic E-state index is -0.638. The lowest BCUT2D eigenvalue weighted by Gasteiger charge is -2.00. The van der Waals surface area contributed by atoms with Crippen molar-refractivity contribution < 1.29 is 13.9 Å². The Balaban J connectivity index is 1.96. The predicted octanol–water partition coefficient (Wildman–Crippen LogP) is 1.47. The van der Waals surface area contributed by atoms with Gasteiger partial charge in [0.2, 0.25) is 0 Å². The fourth-order valence-electron chi connectivity index (χ4n) is 1.36. The number of nitrogens with zero attached hydrogens (tertiary/aromatic N) is 4. The molecule has 0 N–H and O–H groups in total. The molecule has 3 aromatic rings. The molecule has 0 fully saturated rings. The Morgan fingerprint density at radius 2 is 2.35 bits per heavy atom. The number of rotatable bonds is 1. The van der Waals surface area contributed by atoms with Gasteiger partial charge in [0.25, 0.3) is 5.95 Å². The zero-order chi connectivity index (χ0) is 11.7. The van der Waals surface area contributed by atoms with Crippen molar-refractivity contribution in [2.45, 2.75) is 0 Å². The molecule has 0 amide bonds. The fourth-order valence-corrected chi connectivity index (χ4v) is 1.36. The summed E-state index contributed by atoms with van der Waals surface area (Å²) >= 11 is 0. The minimum absolute atomic E-state index is 0.117. The first-order valence-electron chi connectivity index (χ1n) is 4.73. The normalized spacial score (nSPS) is 10.6. The van der Waals surface area contributed by atoms with E-state index in [9.17, 15) is 4.79 Å². The molecule has 0 unspecified atom stereocenters. The second-order valence-corrected chi connectivity index (χ2v) is 3.15. The third-order valence-electron chi connectivity index (χ3n) is 2.09. The zero-order valence-corrected chi connectivity index (χ0v) is 8.48. The van der Waals surface area contributed by atoms with E-state index in [2.05, 4.69) is 15.0 Å². The van der Waals surface area contributed by atoms with Crippen LogP contribution in [0.15, 0.2) is 41.7 Å². The van der Waals surface area contributed by atoms with Crippen LogP contribution in [0.1, 0.15) is 0 Å². The molecular weight excluding hydrogens is 224 g/mol. The molecule has 3 aromatic heterocycles. The molecule has 0 spiro atoms. The van der Waals surface area contributed by atoms with E-state index in [0.29, 0.717) is 11.2 Å². The highest BCUT2D eigenvalue weighted by molar-refractivity contribution is 5.84. The summed E-state index contributed by atoms with van der Waals surface area (Å²) in [5.74, 6) is 0.117. The molecule has 0 aliphatic carbocycles. The SMILES string of the molecule is O=C(Oc1ccco1)n1cnc2cncnc21. The molecule has 0 atom stereocenters. The molecule has 0 aliphatic rings. The Hall–Kier alpha value is -2.70. The number of imidazole rings is 1. The molecule has 7 nitrogen and oxygen atoms in total. The lowest BCUT2D eigenvalue weighted by molar-refractivity contribution is 0.190. The van der Waals surface area contributed by atoms with Crippen LogP contribution in [0.2, 0.25) is 0 Å². The highest BCUT2D eigenvalue weighted by atomic mass is 16.6. The van der Waals surface area contributed by atoms with E-state index < -0.39 is 6.09 Å². The van der Waals surface area contributed by atoms with Crippen molar-refractivity contribution in [2.75, 3.05) is 0 Å². The number of ether oxygens (including phenoxy) is 1. The van der Waals surface area contributed by atoms with Gasteiger partial charge < -0.3 is 9.15 Å². The van der Waals surface area contributed by atoms with Gasteiger partial charge in [-0.25, -0.2) is 24.3 Å². The molecule has 0 radical (unpaired) electrons. The van der Waals surface area contributed by atoms with Gasteiger partial charge in [-0.15, -0.1) is 0 Å². The lowest BCUT2D eigenvalue weighted by atomic mass is 10.6. The van der Waals surface area contributed by atoms with Crippen molar-refractivity contribution in [2.24, 2.45) is 0 Å². The van der Waals surface area contributed by atoms with Crippen molar-refractivity contribution in [1.29, 1.82) is 0 Å². The van der Waals surface area contributed by atoms with Gasteiger partial charge >= 0.3 is 6.09 Å². The number of hydrogen-bond acceptors (Lipinski definition) is 6. The van der Waals surface area contributed by atoms with E-state index in [-0.39, 0.29) is 5.95 Å². The van der Waals surface area contributed by atoms with E-state index in [4.69, 9.17) is 9.15 Å². The topological polar surface area (TPSA) is 83.0 Å². The summed E-state index contributed by atoms with van der Waals surface area (Å²) in [6.45, 7) is 0. The van der Waals surface area contributed by atoms with Crippen LogP contribution in [0.25, 0.3) is 11.2 Å². The first-order valence-corrected chi connectivity index (χ1v) is 4.73. The first-order chi connectivity index (χ1) is 8.34. The van der Waals surface area contributed by atoms with E-state index in [1.54, 1.807) is 6.07 Å². The molecule has 84 valence electrons. The van der Waals surface area contributed by atoms with Crippen LogP contribution in [0.5, 0.6) is 5.95 Å². The van der Waals surface area contributed by atoms with Gasteiger partial charge in [-0.1, -0.05) is 0 Å². The van der Waals surface area contributed by atoms with Gasteiger partial charge in [-0.2, -0.15) is 0 Å². The monoisotopic (exact) mass is 230 g/mol. The summed E-state index contributed by atoms with van der Waals surface area (Å²) in [7, 11) is 0. The molecule has 0 saturated carbocycles. The largest absolute Gasteiger partial charge is 0.434 e. The molecule has 17 heavy (non-hydrogen) atoms. The van der Waals surface area contributed by atoms with Crippen LogP contribution in [0.3, 0.4) is 0 Å². The standard InChI is InChI=1S/C10H6N4O3/c15-10(17-8-2-1-3-16-8)14-6-13-7-4-11-5-12-9(7)14/h1-6H. The third kappa shape index (κ3) is 1.63. The second-order valence-electron chi connectivity index (χ2n) is 3.15. The predicted molar refractivity (Wildman–Crippen MR) is 55.5 cm³/mol. The number of hydrogen-bond donors (Lipinski definition) is 0. The van der Waals surface area contributed by atoms with Gasteiger partial charge in [-0.3, -0.25) is 0 Å². The molecule has 0 bridgehead atoms. The summed E-state index contributed by atoms with van der Waals surface area (Å²) in [5, 5.41) is 0. The maximum absolute atomic E-state index is 11.8. The summed E-state index contributed by atoms with van der Waals surface area (Å²) < 4.78 is 11.0. The smallest absolute Gasteiger partial charge is 0.428 e. The Labute approximate surface area is 94.7 Å². The van der Waals surface area contributed by atoms with Gasteiger partial charge in [0, 0.05) is 6.07 Å². The van der Waals surface area contributed by atoms with Gasteiger partial charge in [-0.05, 0) is 6.07 Å². The molecule has 7 heteroatoms. The lowest BCUT2D eigenvalue weighted by Crippen LogP contribution is -2.15. The van der Waals surface area contributed by atoms with Crippen LogP contribution >= 0.6 is 0 Å². The second kappa shape index (κ2) is 3.71. The number of carbonyl (C=O) groups excluding carboxylic acids is 1. The summed E-state index contributed by atoms with van der Waals surface area (Å²) in [4.78, 5) is 23.5. The summed E-state index contributed by atoms with van der Waals surface area (Å²) in [6.07, 6.45) is 4.95. The maximum Gasteiger partial charge on any atom is 0.428 e. The van der Waals surface area contributed by atoms with Crippen LogP contribution in [-0.4, -0.2) is 25.6 Å². The summed E-state index contributed by atoms with van der Waals surface area (Å²) in [6, 6.07) is 3.16. The van der Waals surface area contributed by atoms with Crippen LogP contribution in [-0.2, 0) is 0 Å². The van der Waals surface area contributed by atoms with Crippen LogP contribution in [0.4, 0.5) is 4.79 Å². The van der Waals surface area contributed by atoms with E-state index in [1.165, 1.54) is 35.7 Å².